The summed E-state index contributed by atoms with van der Waals surface area (Å²) in [6, 6.07) is 0. The fourth-order valence-corrected chi connectivity index (χ4v) is 5.53. The summed E-state index contributed by atoms with van der Waals surface area (Å²) in [4.78, 5) is 37.2. The first-order chi connectivity index (χ1) is 21.9. The Balaban J connectivity index is 4.28. The van der Waals surface area contributed by atoms with Crippen LogP contribution in [-0.4, -0.2) is 37.2 Å². The van der Waals surface area contributed by atoms with E-state index in [2.05, 4.69) is 27.7 Å². The van der Waals surface area contributed by atoms with Crippen molar-refractivity contribution < 1.29 is 28.6 Å². The summed E-state index contributed by atoms with van der Waals surface area (Å²) in [5, 5.41) is 0. The maximum atomic E-state index is 12.5. The molecule has 0 N–H and O–H groups in total. The second-order valence-electron chi connectivity index (χ2n) is 13.5. The molecule has 0 spiro atoms. The smallest absolute Gasteiger partial charge is 0.306 e. The molecule has 6 heteroatoms. The average Bonchev–Trinajstić information content (AvgIpc) is 3.03. The SMILES string of the molecule is CCCCCCCCCCCCC(=O)O[C@@H](COC(=O)CCCCCCC)COC(=O)CCCCCCCCCCC(C)CC. The van der Waals surface area contributed by atoms with Gasteiger partial charge in [0, 0.05) is 19.3 Å². The van der Waals surface area contributed by atoms with Crippen LogP contribution in [-0.2, 0) is 28.6 Å². The van der Waals surface area contributed by atoms with Crippen LogP contribution in [0.3, 0.4) is 0 Å². The number of hydrogen-bond donors (Lipinski definition) is 0. The Kier molecular flexibility index (Phi) is 32.6. The normalized spacial score (nSPS) is 12.5. The molecular weight excluding hydrogens is 564 g/mol. The van der Waals surface area contributed by atoms with Crippen LogP contribution in [0, 0.1) is 5.92 Å². The molecule has 0 aliphatic carbocycles. The monoisotopic (exact) mass is 639 g/mol. The van der Waals surface area contributed by atoms with Gasteiger partial charge in [-0.25, -0.2) is 0 Å². The number of ether oxygens (including phenoxy) is 3. The van der Waals surface area contributed by atoms with Gasteiger partial charge in [0.05, 0.1) is 0 Å². The Morgan fingerprint density at radius 3 is 1.16 bits per heavy atom. The summed E-state index contributed by atoms with van der Waals surface area (Å²) >= 11 is 0. The van der Waals surface area contributed by atoms with Gasteiger partial charge in [-0.1, -0.05) is 169 Å². The molecule has 0 saturated carbocycles. The second-order valence-corrected chi connectivity index (χ2v) is 13.5. The molecule has 0 radical (unpaired) electrons. The van der Waals surface area contributed by atoms with Gasteiger partial charge in [-0.3, -0.25) is 14.4 Å². The zero-order valence-electron chi connectivity index (χ0n) is 30.3. The van der Waals surface area contributed by atoms with Gasteiger partial charge in [-0.05, 0) is 25.2 Å². The molecule has 0 saturated heterocycles. The van der Waals surface area contributed by atoms with Crippen molar-refractivity contribution >= 4 is 17.9 Å². The lowest BCUT2D eigenvalue weighted by Crippen LogP contribution is -2.30. The van der Waals surface area contributed by atoms with Gasteiger partial charge in [0.2, 0.25) is 0 Å². The van der Waals surface area contributed by atoms with Gasteiger partial charge in [0.15, 0.2) is 6.10 Å². The van der Waals surface area contributed by atoms with E-state index in [9.17, 15) is 14.4 Å². The highest BCUT2D eigenvalue weighted by Crippen LogP contribution is 2.16. The summed E-state index contributed by atoms with van der Waals surface area (Å²) in [7, 11) is 0. The third-order valence-corrected chi connectivity index (χ3v) is 8.90. The third kappa shape index (κ3) is 32.2. The molecular formula is C39H74O6. The Morgan fingerprint density at radius 1 is 0.444 bits per heavy atom. The molecule has 0 aromatic rings. The first-order valence-corrected chi connectivity index (χ1v) is 19.4. The van der Waals surface area contributed by atoms with Crippen molar-refractivity contribution in [2.24, 2.45) is 5.92 Å². The standard InChI is InChI=1S/C39H74O6/c1-5-8-10-12-13-14-15-20-24-28-32-39(42)45-36(33-43-37(40)30-26-21-11-9-6-2)34-44-38(41)31-27-23-19-17-16-18-22-25-29-35(4)7-3/h35-36H,5-34H2,1-4H3/t35?,36-/m0/s1. The van der Waals surface area contributed by atoms with E-state index >= 15 is 0 Å². The van der Waals surface area contributed by atoms with E-state index in [1.807, 2.05) is 0 Å². The van der Waals surface area contributed by atoms with E-state index in [1.165, 1.54) is 96.3 Å². The Labute approximate surface area is 278 Å². The van der Waals surface area contributed by atoms with Crippen LogP contribution in [0.15, 0.2) is 0 Å². The molecule has 0 rings (SSSR count). The molecule has 0 aromatic carbocycles. The zero-order chi connectivity index (χ0) is 33.2. The second kappa shape index (κ2) is 33.8. The minimum atomic E-state index is -0.756. The number of unbranched alkanes of at least 4 members (excludes halogenated alkanes) is 20. The van der Waals surface area contributed by atoms with Crippen LogP contribution in [0.1, 0.15) is 207 Å². The van der Waals surface area contributed by atoms with E-state index in [0.717, 1.165) is 70.1 Å². The summed E-state index contributed by atoms with van der Waals surface area (Å²) in [6.45, 7) is 8.87. The number of carbonyl (C=O) groups is 3. The van der Waals surface area contributed by atoms with Crippen LogP contribution in [0.2, 0.25) is 0 Å². The lowest BCUT2D eigenvalue weighted by Gasteiger charge is -2.18. The maximum absolute atomic E-state index is 12.5. The van der Waals surface area contributed by atoms with Crippen molar-refractivity contribution in [1.29, 1.82) is 0 Å². The Bertz CT molecular complexity index is 678. The van der Waals surface area contributed by atoms with E-state index in [-0.39, 0.29) is 31.1 Å². The topological polar surface area (TPSA) is 78.9 Å². The van der Waals surface area contributed by atoms with E-state index < -0.39 is 6.10 Å². The number of carbonyl (C=O) groups excluding carboxylic acids is 3. The van der Waals surface area contributed by atoms with Crippen LogP contribution in [0.25, 0.3) is 0 Å². The first-order valence-electron chi connectivity index (χ1n) is 19.4. The van der Waals surface area contributed by atoms with Crippen LogP contribution in [0.4, 0.5) is 0 Å². The summed E-state index contributed by atoms with van der Waals surface area (Å²) in [5.74, 6) is -0.0326. The van der Waals surface area contributed by atoms with Gasteiger partial charge in [0.25, 0.3) is 0 Å². The molecule has 0 amide bonds. The van der Waals surface area contributed by atoms with Crippen molar-refractivity contribution in [1.82, 2.24) is 0 Å². The van der Waals surface area contributed by atoms with E-state index in [1.54, 1.807) is 0 Å². The number of rotatable bonds is 34. The van der Waals surface area contributed by atoms with Crippen LogP contribution >= 0.6 is 0 Å². The molecule has 1 unspecified atom stereocenters. The predicted octanol–water partition coefficient (Wildman–Crippen LogP) is 11.6. The first kappa shape index (κ1) is 43.4. The lowest BCUT2D eigenvalue weighted by molar-refractivity contribution is -0.167. The molecule has 2 atom stereocenters. The largest absolute Gasteiger partial charge is 0.462 e. The summed E-state index contributed by atoms with van der Waals surface area (Å²) in [6.07, 6.45) is 29.7. The fraction of sp³-hybridized carbons (Fsp3) is 0.923. The molecule has 6 nitrogen and oxygen atoms in total. The van der Waals surface area contributed by atoms with Gasteiger partial charge in [0.1, 0.15) is 13.2 Å². The van der Waals surface area contributed by atoms with Crippen molar-refractivity contribution in [2.45, 2.75) is 214 Å². The average molecular weight is 639 g/mol. The number of esters is 3. The van der Waals surface area contributed by atoms with E-state index in [4.69, 9.17) is 14.2 Å². The highest BCUT2D eigenvalue weighted by atomic mass is 16.6. The lowest BCUT2D eigenvalue weighted by atomic mass is 9.99. The predicted molar refractivity (Wildman–Crippen MR) is 187 cm³/mol. The fourth-order valence-electron chi connectivity index (χ4n) is 5.53. The number of hydrogen-bond acceptors (Lipinski definition) is 6. The third-order valence-electron chi connectivity index (χ3n) is 8.90. The van der Waals surface area contributed by atoms with Crippen molar-refractivity contribution in [3.8, 4) is 0 Å². The van der Waals surface area contributed by atoms with Gasteiger partial charge in [-0.2, -0.15) is 0 Å². The van der Waals surface area contributed by atoms with Gasteiger partial charge >= 0.3 is 17.9 Å². The maximum Gasteiger partial charge on any atom is 0.306 e. The molecule has 0 bridgehead atoms. The Hall–Kier alpha value is -1.59. The zero-order valence-corrected chi connectivity index (χ0v) is 30.3. The molecule has 0 heterocycles. The Morgan fingerprint density at radius 2 is 0.778 bits per heavy atom. The minimum absolute atomic E-state index is 0.0664. The molecule has 0 fully saturated rings. The van der Waals surface area contributed by atoms with Gasteiger partial charge in [-0.15, -0.1) is 0 Å². The quantitative estimate of drug-likeness (QED) is 0.0396. The molecule has 266 valence electrons. The van der Waals surface area contributed by atoms with Crippen molar-refractivity contribution in [3.05, 3.63) is 0 Å². The molecule has 0 aliphatic rings. The van der Waals surface area contributed by atoms with Crippen LogP contribution in [0.5, 0.6) is 0 Å². The summed E-state index contributed by atoms with van der Waals surface area (Å²) in [5.41, 5.74) is 0. The van der Waals surface area contributed by atoms with Gasteiger partial charge < -0.3 is 14.2 Å². The molecule has 0 aromatic heterocycles. The van der Waals surface area contributed by atoms with E-state index in [0.29, 0.717) is 19.3 Å². The van der Waals surface area contributed by atoms with Crippen molar-refractivity contribution in [2.75, 3.05) is 13.2 Å². The van der Waals surface area contributed by atoms with Crippen molar-refractivity contribution in [3.63, 3.8) is 0 Å². The summed E-state index contributed by atoms with van der Waals surface area (Å²) < 4.78 is 16.5. The minimum Gasteiger partial charge on any atom is -0.462 e. The molecule has 45 heavy (non-hydrogen) atoms. The molecule has 0 aliphatic heterocycles. The highest BCUT2D eigenvalue weighted by molar-refractivity contribution is 5.71. The van der Waals surface area contributed by atoms with Crippen LogP contribution < -0.4 is 0 Å². The highest BCUT2D eigenvalue weighted by Gasteiger charge is 2.19.